The van der Waals surface area contributed by atoms with Crippen LogP contribution in [0.2, 0.25) is 0 Å². The highest BCUT2D eigenvalue weighted by atomic mass is 16.5. The summed E-state index contributed by atoms with van der Waals surface area (Å²) in [6, 6.07) is 0.492. The van der Waals surface area contributed by atoms with Gasteiger partial charge in [-0.3, -0.25) is 9.69 Å². The largest absolute Gasteiger partial charge is 0.368 e. The Morgan fingerprint density at radius 1 is 0.865 bits per heavy atom. The van der Waals surface area contributed by atoms with Gasteiger partial charge in [0.05, 0.1) is 0 Å². The maximum absolute atomic E-state index is 12.9. The highest BCUT2D eigenvalue weighted by Gasteiger charge is 2.38. The Morgan fingerprint density at radius 2 is 1.65 bits per heavy atom. The average Bonchev–Trinajstić information content (AvgIpc) is 3.58. The normalized spacial score (nSPS) is 33.5. The number of piperidine rings is 1. The van der Waals surface area contributed by atoms with Crippen molar-refractivity contribution in [2.45, 2.75) is 76.4 Å². The zero-order chi connectivity index (χ0) is 25.0. The Bertz CT molecular complexity index is 813. The molecule has 0 N–H and O–H groups in total. The van der Waals surface area contributed by atoms with Crippen LogP contribution in [0.15, 0.2) is 23.8 Å². The number of likely N-dealkylation sites (tertiary alicyclic amines) is 2. The minimum absolute atomic E-state index is 0.181. The van der Waals surface area contributed by atoms with Gasteiger partial charge in [0.15, 0.2) is 0 Å². The number of hydrogen-bond donors (Lipinski definition) is 0. The van der Waals surface area contributed by atoms with Crippen molar-refractivity contribution in [2.75, 3.05) is 72.1 Å². The standard InChI is InChI=1S/C31H50N4O2/c36-31(30-9-6-20-37-30)35-18-16-34(17-19-35)29(27-8-5-7-26-21-28(26)22-27)24-33-14-10-25(11-15-33)23-32-12-3-1-2-4-13-32/h5,7,22,25-26,28-30H,1-4,6,8-21,23-24H2. The van der Waals surface area contributed by atoms with Crippen LogP contribution in [0.1, 0.15) is 64.2 Å². The molecule has 6 nitrogen and oxygen atoms in total. The topological polar surface area (TPSA) is 39.3 Å². The number of allylic oxidation sites excluding steroid dienone is 3. The molecule has 0 radical (unpaired) electrons. The van der Waals surface area contributed by atoms with Gasteiger partial charge in [-0.15, -0.1) is 0 Å². The van der Waals surface area contributed by atoms with Crippen LogP contribution in [0, 0.1) is 17.8 Å². The number of rotatable bonds is 7. The van der Waals surface area contributed by atoms with E-state index in [4.69, 9.17) is 4.74 Å². The number of hydrogen-bond acceptors (Lipinski definition) is 5. The lowest BCUT2D eigenvalue weighted by Crippen LogP contribution is -2.56. The number of fused-ring (bicyclic) bond motifs is 1. The first kappa shape index (κ1) is 26.0. The zero-order valence-electron chi connectivity index (χ0n) is 23.1. The second-order valence-corrected chi connectivity index (χ2v) is 12.8. The lowest BCUT2D eigenvalue weighted by molar-refractivity contribution is -0.143. The first-order chi connectivity index (χ1) is 18.2. The van der Waals surface area contributed by atoms with Crippen molar-refractivity contribution in [3.8, 4) is 0 Å². The van der Waals surface area contributed by atoms with Crippen molar-refractivity contribution in [2.24, 2.45) is 17.8 Å². The van der Waals surface area contributed by atoms with Crippen LogP contribution >= 0.6 is 0 Å². The molecule has 4 atom stereocenters. The average molecular weight is 511 g/mol. The molecule has 1 amide bonds. The second-order valence-electron chi connectivity index (χ2n) is 12.8. The van der Waals surface area contributed by atoms with Gasteiger partial charge >= 0.3 is 0 Å². The molecule has 1 saturated carbocycles. The van der Waals surface area contributed by atoms with Crippen molar-refractivity contribution >= 4 is 5.91 Å². The molecule has 6 rings (SSSR count). The number of amides is 1. The maximum atomic E-state index is 12.9. The lowest BCUT2D eigenvalue weighted by Gasteiger charge is -2.43. The molecule has 0 aromatic rings. The quantitative estimate of drug-likeness (QED) is 0.488. The van der Waals surface area contributed by atoms with E-state index in [1.807, 2.05) is 0 Å². The molecule has 4 saturated heterocycles. The van der Waals surface area contributed by atoms with Crippen LogP contribution in [0.5, 0.6) is 0 Å². The molecule has 0 aromatic heterocycles. The molecule has 4 aliphatic heterocycles. The Hall–Kier alpha value is -1.21. The number of carbonyl (C=O) groups excluding carboxylic acids is 1. The summed E-state index contributed by atoms with van der Waals surface area (Å²) in [5.74, 6) is 2.69. The van der Waals surface area contributed by atoms with E-state index in [2.05, 4.69) is 37.8 Å². The van der Waals surface area contributed by atoms with Crippen molar-refractivity contribution in [3.63, 3.8) is 0 Å². The minimum atomic E-state index is -0.181. The minimum Gasteiger partial charge on any atom is -0.368 e. The molecular formula is C31H50N4O2. The molecule has 2 aliphatic carbocycles. The summed E-state index contributed by atoms with van der Waals surface area (Å²) in [5, 5.41) is 0. The van der Waals surface area contributed by atoms with E-state index in [1.165, 1.54) is 77.7 Å². The van der Waals surface area contributed by atoms with E-state index in [0.717, 1.165) is 76.3 Å². The SMILES string of the molecule is O=C(C1CCCO1)N1CCN(C(CN2CCC(CN3CCCCCC3)CC2)C2=CC3CC3C=CC2)CC1. The van der Waals surface area contributed by atoms with Crippen LogP contribution in [0.3, 0.4) is 0 Å². The summed E-state index contributed by atoms with van der Waals surface area (Å²) in [4.78, 5) is 23.3. The molecule has 4 unspecified atom stereocenters. The molecule has 6 aliphatic rings. The third kappa shape index (κ3) is 6.69. The molecule has 5 fully saturated rings. The Balaban J connectivity index is 1.05. The van der Waals surface area contributed by atoms with Crippen molar-refractivity contribution in [1.82, 2.24) is 19.6 Å². The van der Waals surface area contributed by atoms with Gasteiger partial charge in [0.25, 0.3) is 5.91 Å². The highest BCUT2D eigenvalue weighted by Crippen LogP contribution is 2.44. The van der Waals surface area contributed by atoms with Crippen molar-refractivity contribution in [3.05, 3.63) is 23.8 Å². The van der Waals surface area contributed by atoms with Crippen LogP contribution in [0.25, 0.3) is 0 Å². The molecule has 0 spiro atoms. The molecule has 0 aromatic carbocycles. The van der Waals surface area contributed by atoms with E-state index >= 15 is 0 Å². The summed E-state index contributed by atoms with van der Waals surface area (Å²) < 4.78 is 5.70. The lowest BCUT2D eigenvalue weighted by atomic mass is 9.94. The van der Waals surface area contributed by atoms with Gasteiger partial charge in [0.2, 0.25) is 0 Å². The van der Waals surface area contributed by atoms with Gasteiger partial charge in [0.1, 0.15) is 6.10 Å². The molecule has 37 heavy (non-hydrogen) atoms. The van der Waals surface area contributed by atoms with Gasteiger partial charge in [-0.2, -0.15) is 0 Å². The first-order valence-electron chi connectivity index (χ1n) is 15.7. The fraction of sp³-hybridized carbons (Fsp3) is 0.839. The van der Waals surface area contributed by atoms with E-state index in [0.29, 0.717) is 6.04 Å². The predicted octanol–water partition coefficient (Wildman–Crippen LogP) is 3.79. The van der Waals surface area contributed by atoms with Crippen LogP contribution in [-0.2, 0) is 9.53 Å². The summed E-state index contributed by atoms with van der Waals surface area (Å²) in [5.41, 5.74) is 1.65. The van der Waals surface area contributed by atoms with Crippen LogP contribution in [-0.4, -0.2) is 110 Å². The number of carbonyl (C=O) groups is 1. The fourth-order valence-electron chi connectivity index (χ4n) is 7.59. The number of piperazine rings is 1. The fourth-order valence-corrected chi connectivity index (χ4v) is 7.59. The summed E-state index contributed by atoms with van der Waals surface area (Å²) >= 11 is 0. The Kier molecular flexibility index (Phi) is 8.67. The van der Waals surface area contributed by atoms with Crippen molar-refractivity contribution < 1.29 is 9.53 Å². The predicted molar refractivity (Wildman–Crippen MR) is 148 cm³/mol. The third-order valence-electron chi connectivity index (χ3n) is 10.1. The van der Waals surface area contributed by atoms with Gasteiger partial charge in [-0.05, 0) is 95.3 Å². The molecule has 206 valence electrons. The van der Waals surface area contributed by atoms with Crippen molar-refractivity contribution in [1.29, 1.82) is 0 Å². The third-order valence-corrected chi connectivity index (χ3v) is 10.1. The van der Waals surface area contributed by atoms with E-state index in [1.54, 1.807) is 5.57 Å². The number of ether oxygens (including phenoxy) is 1. The number of nitrogens with zero attached hydrogens (tertiary/aromatic N) is 4. The first-order valence-corrected chi connectivity index (χ1v) is 15.7. The summed E-state index contributed by atoms with van der Waals surface area (Å²) in [6.45, 7) is 12.1. The van der Waals surface area contributed by atoms with Gasteiger partial charge in [-0.1, -0.05) is 36.6 Å². The smallest absolute Gasteiger partial charge is 0.251 e. The Morgan fingerprint density at radius 3 is 2.38 bits per heavy atom. The highest BCUT2D eigenvalue weighted by molar-refractivity contribution is 5.81. The second kappa shape index (κ2) is 12.3. The molecule has 6 heteroatoms. The molecule has 4 heterocycles. The van der Waals surface area contributed by atoms with E-state index < -0.39 is 0 Å². The summed E-state index contributed by atoms with van der Waals surface area (Å²) in [6.07, 6.45) is 20.1. The summed E-state index contributed by atoms with van der Waals surface area (Å²) in [7, 11) is 0. The van der Waals surface area contributed by atoms with E-state index in [9.17, 15) is 4.79 Å². The van der Waals surface area contributed by atoms with Gasteiger partial charge in [0, 0.05) is 51.9 Å². The van der Waals surface area contributed by atoms with Gasteiger partial charge in [-0.25, -0.2) is 0 Å². The molecule has 0 bridgehead atoms. The Labute approximate surface area is 225 Å². The van der Waals surface area contributed by atoms with Gasteiger partial charge < -0.3 is 19.4 Å². The molecular weight excluding hydrogens is 460 g/mol. The van der Waals surface area contributed by atoms with Crippen LogP contribution in [0.4, 0.5) is 0 Å². The van der Waals surface area contributed by atoms with E-state index in [-0.39, 0.29) is 12.0 Å². The maximum Gasteiger partial charge on any atom is 0.251 e. The monoisotopic (exact) mass is 510 g/mol. The zero-order valence-corrected chi connectivity index (χ0v) is 23.1. The van der Waals surface area contributed by atoms with Crippen LogP contribution < -0.4 is 0 Å².